The van der Waals surface area contributed by atoms with Crippen LogP contribution in [-0.2, 0) is 9.59 Å². The molecule has 2 amide bonds. The van der Waals surface area contributed by atoms with Crippen molar-refractivity contribution >= 4 is 28.3 Å². The van der Waals surface area contributed by atoms with Crippen molar-refractivity contribution in [3.63, 3.8) is 0 Å². The van der Waals surface area contributed by atoms with E-state index in [0.717, 1.165) is 11.8 Å². The van der Waals surface area contributed by atoms with Gasteiger partial charge in [-0.1, -0.05) is 6.42 Å². The first-order valence-corrected chi connectivity index (χ1v) is 8.03. The molecule has 2 aliphatic carbocycles. The van der Waals surface area contributed by atoms with E-state index in [-0.39, 0.29) is 6.04 Å². The van der Waals surface area contributed by atoms with Crippen LogP contribution in [0, 0.1) is 17.8 Å². The van der Waals surface area contributed by atoms with Gasteiger partial charge in [0.1, 0.15) is 0 Å². The van der Waals surface area contributed by atoms with Crippen molar-refractivity contribution in [3.05, 3.63) is 11.6 Å². The number of nitrogens with zero attached hydrogens (tertiary/aromatic N) is 1. The third-order valence-corrected chi connectivity index (χ3v) is 5.34. The summed E-state index contributed by atoms with van der Waals surface area (Å²) in [6.45, 7) is 2.01. The molecule has 3 rings (SSSR count). The quantitative estimate of drug-likeness (QED) is 0.838. The van der Waals surface area contributed by atoms with Gasteiger partial charge in [0, 0.05) is 17.6 Å². The molecule has 0 saturated heterocycles. The highest BCUT2D eigenvalue weighted by atomic mass is 32.1. The van der Waals surface area contributed by atoms with E-state index in [1.54, 1.807) is 11.6 Å². The second-order valence-electron chi connectivity index (χ2n) is 5.89. The first-order chi connectivity index (χ1) is 9.63. The minimum Gasteiger partial charge on any atom is -0.345 e. The molecule has 0 aliphatic heterocycles. The minimum atomic E-state index is -0.630. The van der Waals surface area contributed by atoms with Crippen molar-refractivity contribution in [1.82, 2.24) is 10.3 Å². The van der Waals surface area contributed by atoms with Crippen LogP contribution in [0.25, 0.3) is 0 Å². The first kappa shape index (κ1) is 13.5. The van der Waals surface area contributed by atoms with Gasteiger partial charge < -0.3 is 5.32 Å². The van der Waals surface area contributed by atoms with Crippen LogP contribution in [-0.4, -0.2) is 22.8 Å². The van der Waals surface area contributed by atoms with E-state index < -0.39 is 11.8 Å². The molecule has 2 aliphatic rings. The maximum atomic E-state index is 11.9. The zero-order valence-electron chi connectivity index (χ0n) is 11.5. The summed E-state index contributed by atoms with van der Waals surface area (Å²) in [5, 5.41) is 7.56. The van der Waals surface area contributed by atoms with Crippen LogP contribution in [0.4, 0.5) is 5.13 Å². The number of fused-ring (bicyclic) bond motifs is 2. The van der Waals surface area contributed by atoms with Gasteiger partial charge in [-0.3, -0.25) is 14.9 Å². The predicted molar refractivity (Wildman–Crippen MR) is 77.3 cm³/mol. The van der Waals surface area contributed by atoms with Crippen LogP contribution in [0.3, 0.4) is 0 Å². The summed E-state index contributed by atoms with van der Waals surface area (Å²) < 4.78 is 0. The second kappa shape index (κ2) is 5.52. The summed E-state index contributed by atoms with van der Waals surface area (Å²) in [4.78, 5) is 27.6. The standard InChI is InChI=1S/C14H19N3O2S/c1-8(11-7-9-2-3-10(11)6-9)16-12(18)13(19)17-14-15-4-5-20-14/h4-5,8-11H,2-3,6-7H2,1H3,(H,16,18)(H,15,17,19). The van der Waals surface area contributed by atoms with Crippen LogP contribution in [0.5, 0.6) is 0 Å². The molecule has 20 heavy (non-hydrogen) atoms. The Morgan fingerprint density at radius 2 is 2.20 bits per heavy atom. The molecule has 0 spiro atoms. The minimum absolute atomic E-state index is 0.0693. The van der Waals surface area contributed by atoms with Crippen LogP contribution < -0.4 is 10.6 Å². The van der Waals surface area contributed by atoms with Gasteiger partial charge in [0.25, 0.3) is 0 Å². The molecule has 1 heterocycles. The van der Waals surface area contributed by atoms with Crippen molar-refractivity contribution in [2.75, 3.05) is 5.32 Å². The zero-order valence-corrected chi connectivity index (χ0v) is 12.3. The second-order valence-corrected chi connectivity index (χ2v) is 6.79. The number of hydrogen-bond donors (Lipinski definition) is 2. The largest absolute Gasteiger partial charge is 0.345 e. The van der Waals surface area contributed by atoms with Crippen molar-refractivity contribution in [1.29, 1.82) is 0 Å². The van der Waals surface area contributed by atoms with Crippen LogP contribution in [0.15, 0.2) is 11.6 Å². The lowest BCUT2D eigenvalue weighted by molar-refractivity contribution is -0.136. The first-order valence-electron chi connectivity index (χ1n) is 7.15. The number of nitrogens with one attached hydrogen (secondary N) is 2. The Morgan fingerprint density at radius 3 is 2.80 bits per heavy atom. The highest BCUT2D eigenvalue weighted by Crippen LogP contribution is 2.49. The predicted octanol–water partition coefficient (Wildman–Crippen LogP) is 2.02. The van der Waals surface area contributed by atoms with E-state index in [4.69, 9.17) is 0 Å². The highest BCUT2D eigenvalue weighted by molar-refractivity contribution is 7.13. The van der Waals surface area contributed by atoms with Gasteiger partial charge in [0.05, 0.1) is 0 Å². The molecule has 2 N–H and O–H groups in total. The monoisotopic (exact) mass is 293 g/mol. The summed E-state index contributed by atoms with van der Waals surface area (Å²) >= 11 is 1.30. The average molecular weight is 293 g/mol. The van der Waals surface area contributed by atoms with Crippen molar-refractivity contribution < 1.29 is 9.59 Å². The van der Waals surface area contributed by atoms with Crippen LogP contribution in [0.2, 0.25) is 0 Å². The van der Waals surface area contributed by atoms with Crippen molar-refractivity contribution in [2.24, 2.45) is 17.8 Å². The third kappa shape index (κ3) is 2.70. The Hall–Kier alpha value is -1.43. The summed E-state index contributed by atoms with van der Waals surface area (Å²) in [6, 6.07) is 0.0693. The molecule has 108 valence electrons. The smallest absolute Gasteiger partial charge is 0.315 e. The van der Waals surface area contributed by atoms with Crippen molar-refractivity contribution in [2.45, 2.75) is 38.6 Å². The molecule has 4 unspecified atom stereocenters. The van der Waals surface area contributed by atoms with Gasteiger partial charge in [0.2, 0.25) is 0 Å². The van der Waals surface area contributed by atoms with Crippen molar-refractivity contribution in [3.8, 4) is 0 Å². The van der Waals surface area contributed by atoms with Gasteiger partial charge in [-0.05, 0) is 43.9 Å². The molecular weight excluding hydrogens is 274 g/mol. The fourth-order valence-electron chi connectivity index (χ4n) is 3.72. The summed E-state index contributed by atoms with van der Waals surface area (Å²) in [5.41, 5.74) is 0. The molecule has 2 fully saturated rings. The lowest BCUT2D eigenvalue weighted by Crippen LogP contribution is -2.45. The fourth-order valence-corrected chi connectivity index (χ4v) is 4.25. The number of thiazole rings is 1. The average Bonchev–Trinajstić information content (AvgIpc) is 3.15. The van der Waals surface area contributed by atoms with Gasteiger partial charge in [-0.15, -0.1) is 11.3 Å². The molecule has 0 radical (unpaired) electrons. The molecule has 4 atom stereocenters. The van der Waals surface area contributed by atoms with E-state index >= 15 is 0 Å². The Bertz CT molecular complexity index is 503. The van der Waals surface area contributed by atoms with Gasteiger partial charge in [0.15, 0.2) is 5.13 Å². The van der Waals surface area contributed by atoms with E-state index in [9.17, 15) is 9.59 Å². The normalized spacial score (nSPS) is 29.1. The molecule has 0 aromatic carbocycles. The molecule has 2 bridgehead atoms. The summed E-state index contributed by atoms with van der Waals surface area (Å²) in [5.74, 6) is 0.918. The summed E-state index contributed by atoms with van der Waals surface area (Å²) in [7, 11) is 0. The fraction of sp³-hybridized carbons (Fsp3) is 0.643. The van der Waals surface area contributed by atoms with E-state index in [1.165, 1.54) is 37.0 Å². The Kier molecular flexibility index (Phi) is 3.74. The molecule has 6 heteroatoms. The van der Waals surface area contributed by atoms with E-state index in [2.05, 4.69) is 15.6 Å². The zero-order chi connectivity index (χ0) is 14.1. The highest BCUT2D eigenvalue weighted by Gasteiger charge is 2.42. The lowest BCUT2D eigenvalue weighted by Gasteiger charge is -2.28. The molecule has 5 nitrogen and oxygen atoms in total. The lowest BCUT2D eigenvalue weighted by atomic mass is 9.84. The Labute approximate surface area is 122 Å². The maximum Gasteiger partial charge on any atom is 0.315 e. The molecule has 2 saturated carbocycles. The topological polar surface area (TPSA) is 71.1 Å². The molecular formula is C14H19N3O2S. The third-order valence-electron chi connectivity index (χ3n) is 4.65. The summed E-state index contributed by atoms with van der Waals surface area (Å²) in [6.07, 6.45) is 6.71. The number of carbonyl (C=O) groups excluding carboxylic acids is 2. The Balaban J connectivity index is 1.52. The van der Waals surface area contributed by atoms with Gasteiger partial charge in [-0.25, -0.2) is 4.98 Å². The number of hydrogen-bond acceptors (Lipinski definition) is 4. The number of aromatic nitrogens is 1. The Morgan fingerprint density at radius 1 is 1.35 bits per heavy atom. The molecule has 1 aromatic heterocycles. The van der Waals surface area contributed by atoms with Crippen LogP contribution >= 0.6 is 11.3 Å². The SMILES string of the molecule is CC(NC(=O)C(=O)Nc1nccs1)C1CC2CCC1C2. The number of carbonyl (C=O) groups is 2. The number of anilines is 1. The number of rotatable bonds is 3. The molecule has 1 aromatic rings. The number of amides is 2. The van der Waals surface area contributed by atoms with Gasteiger partial charge in [-0.2, -0.15) is 0 Å². The van der Waals surface area contributed by atoms with E-state index in [1.807, 2.05) is 6.92 Å². The van der Waals surface area contributed by atoms with E-state index in [0.29, 0.717) is 11.0 Å². The van der Waals surface area contributed by atoms with Gasteiger partial charge >= 0.3 is 11.8 Å². The maximum absolute atomic E-state index is 11.9. The van der Waals surface area contributed by atoms with Crippen LogP contribution in [0.1, 0.15) is 32.6 Å².